The lowest BCUT2D eigenvalue weighted by Crippen LogP contribution is -2.38. The summed E-state index contributed by atoms with van der Waals surface area (Å²) >= 11 is 0. The number of guanidine groups is 1. The lowest BCUT2D eigenvalue weighted by Gasteiger charge is -2.15. The predicted molar refractivity (Wildman–Crippen MR) is 133 cm³/mol. The highest BCUT2D eigenvalue weighted by Gasteiger charge is 2.22. The fraction of sp³-hybridized carbons (Fsp3) is 0.478. The van der Waals surface area contributed by atoms with Gasteiger partial charge < -0.3 is 25.1 Å². The van der Waals surface area contributed by atoms with Crippen LogP contribution in [-0.2, 0) is 6.54 Å². The Morgan fingerprint density at radius 3 is 2.61 bits per heavy atom. The Bertz CT molecular complexity index is 877. The number of halogens is 1. The van der Waals surface area contributed by atoms with Gasteiger partial charge in [-0.15, -0.1) is 24.0 Å². The van der Waals surface area contributed by atoms with Crippen LogP contribution in [0.4, 0.5) is 0 Å². The zero-order chi connectivity index (χ0) is 21.3. The quantitative estimate of drug-likeness (QED) is 0.185. The lowest BCUT2D eigenvalue weighted by atomic mass is 10.1. The number of furan rings is 1. The van der Waals surface area contributed by atoms with Gasteiger partial charge in [-0.25, -0.2) is 0 Å². The standard InChI is InChI=1S/C23H32N4O3.HI/c1-16-5-8-19(20(13-16)30-15-18-6-7-18)14-27-23(24-3)26-11-4-10-25-22(28)21-17(2)9-12-29-21;/h5,8-9,12-13,18H,4,6-7,10-11,14-15H2,1-3H3,(H,25,28)(H2,24,26,27);1H. The molecule has 0 bridgehead atoms. The van der Waals surface area contributed by atoms with Gasteiger partial charge in [-0.3, -0.25) is 9.79 Å². The summed E-state index contributed by atoms with van der Waals surface area (Å²) in [5.74, 6) is 2.58. The normalized spacial score (nSPS) is 13.3. The molecule has 3 N–H and O–H groups in total. The fourth-order valence-corrected chi connectivity index (χ4v) is 3.02. The number of carbonyl (C=O) groups excluding carboxylic acids is 1. The van der Waals surface area contributed by atoms with Crippen LogP contribution in [0.1, 0.15) is 46.5 Å². The smallest absolute Gasteiger partial charge is 0.287 e. The van der Waals surface area contributed by atoms with Gasteiger partial charge in [0.1, 0.15) is 5.75 Å². The van der Waals surface area contributed by atoms with Crippen LogP contribution in [0.3, 0.4) is 0 Å². The van der Waals surface area contributed by atoms with Gasteiger partial charge >= 0.3 is 0 Å². The Hall–Kier alpha value is -2.23. The number of aryl methyl sites for hydroxylation is 2. The van der Waals surface area contributed by atoms with Crippen molar-refractivity contribution in [2.24, 2.45) is 10.9 Å². The Kier molecular flexibility index (Phi) is 10.2. The van der Waals surface area contributed by atoms with Crippen molar-refractivity contribution in [1.82, 2.24) is 16.0 Å². The Morgan fingerprint density at radius 2 is 1.94 bits per heavy atom. The average molecular weight is 540 g/mol. The van der Waals surface area contributed by atoms with Crippen molar-refractivity contribution in [3.8, 4) is 5.75 Å². The van der Waals surface area contributed by atoms with Crippen LogP contribution in [0.25, 0.3) is 0 Å². The molecule has 0 unspecified atom stereocenters. The molecule has 1 fully saturated rings. The molecule has 0 aliphatic heterocycles. The summed E-state index contributed by atoms with van der Waals surface area (Å²) < 4.78 is 11.2. The molecule has 1 heterocycles. The number of nitrogens with one attached hydrogen (secondary N) is 3. The van der Waals surface area contributed by atoms with Crippen LogP contribution in [-0.4, -0.2) is 38.6 Å². The van der Waals surface area contributed by atoms with E-state index in [1.54, 1.807) is 13.1 Å². The molecule has 2 aromatic rings. The number of carbonyl (C=O) groups is 1. The molecule has 0 radical (unpaired) electrons. The maximum absolute atomic E-state index is 12.0. The van der Waals surface area contributed by atoms with E-state index in [1.165, 1.54) is 24.7 Å². The van der Waals surface area contributed by atoms with Gasteiger partial charge in [-0.05, 0) is 56.7 Å². The van der Waals surface area contributed by atoms with E-state index in [-0.39, 0.29) is 29.9 Å². The van der Waals surface area contributed by atoms with E-state index < -0.39 is 0 Å². The van der Waals surface area contributed by atoms with Crippen molar-refractivity contribution in [3.63, 3.8) is 0 Å². The predicted octanol–water partition coefficient (Wildman–Crippen LogP) is 3.79. The van der Waals surface area contributed by atoms with Crippen molar-refractivity contribution in [1.29, 1.82) is 0 Å². The van der Waals surface area contributed by atoms with E-state index in [0.717, 1.165) is 41.8 Å². The molecule has 1 amide bonds. The van der Waals surface area contributed by atoms with Crippen LogP contribution < -0.4 is 20.7 Å². The molecule has 7 nitrogen and oxygen atoms in total. The largest absolute Gasteiger partial charge is 0.493 e. The van der Waals surface area contributed by atoms with Gasteiger partial charge in [0.2, 0.25) is 0 Å². The second-order valence-electron chi connectivity index (χ2n) is 7.76. The molecule has 0 spiro atoms. The zero-order valence-electron chi connectivity index (χ0n) is 18.5. The molecule has 1 aliphatic carbocycles. The van der Waals surface area contributed by atoms with E-state index in [1.807, 2.05) is 6.92 Å². The number of nitrogens with zero attached hydrogens (tertiary/aromatic N) is 1. The summed E-state index contributed by atoms with van der Waals surface area (Å²) in [5, 5.41) is 9.48. The van der Waals surface area contributed by atoms with Crippen LogP contribution >= 0.6 is 24.0 Å². The van der Waals surface area contributed by atoms with Crippen molar-refractivity contribution >= 4 is 35.8 Å². The van der Waals surface area contributed by atoms with Crippen molar-refractivity contribution in [2.75, 3.05) is 26.7 Å². The van der Waals surface area contributed by atoms with Crippen molar-refractivity contribution in [2.45, 2.75) is 39.7 Å². The average Bonchev–Trinajstić information content (AvgIpc) is 3.47. The highest BCUT2D eigenvalue weighted by Crippen LogP contribution is 2.30. The summed E-state index contributed by atoms with van der Waals surface area (Å²) in [6.45, 7) is 6.61. The second kappa shape index (κ2) is 12.6. The minimum atomic E-state index is -0.182. The highest BCUT2D eigenvalue weighted by molar-refractivity contribution is 14.0. The maximum atomic E-state index is 12.0. The first-order valence-corrected chi connectivity index (χ1v) is 10.6. The minimum absolute atomic E-state index is 0. The number of rotatable bonds is 10. The number of ether oxygens (including phenoxy) is 1. The first-order valence-electron chi connectivity index (χ1n) is 10.6. The summed E-state index contributed by atoms with van der Waals surface area (Å²) in [5.41, 5.74) is 3.15. The summed E-state index contributed by atoms with van der Waals surface area (Å²) in [4.78, 5) is 16.3. The molecule has 3 rings (SSSR count). The Labute approximate surface area is 201 Å². The van der Waals surface area contributed by atoms with Gasteiger partial charge in [-0.1, -0.05) is 12.1 Å². The molecular formula is C23H33IN4O3. The van der Waals surface area contributed by atoms with E-state index in [0.29, 0.717) is 25.4 Å². The molecule has 1 aromatic heterocycles. The Morgan fingerprint density at radius 1 is 1.16 bits per heavy atom. The molecule has 1 saturated carbocycles. The van der Waals surface area contributed by atoms with Crippen LogP contribution in [0.2, 0.25) is 0 Å². The maximum Gasteiger partial charge on any atom is 0.287 e. The molecule has 0 atom stereocenters. The summed E-state index contributed by atoms with van der Waals surface area (Å²) in [6.07, 6.45) is 4.85. The number of hydrogen-bond donors (Lipinski definition) is 3. The molecule has 0 saturated heterocycles. The second-order valence-corrected chi connectivity index (χ2v) is 7.76. The summed E-state index contributed by atoms with van der Waals surface area (Å²) in [7, 11) is 1.75. The number of hydrogen-bond acceptors (Lipinski definition) is 4. The van der Waals surface area contributed by atoms with Crippen LogP contribution in [0, 0.1) is 19.8 Å². The first kappa shape index (κ1) is 25.0. The number of benzene rings is 1. The van der Waals surface area contributed by atoms with Gasteiger partial charge in [0.05, 0.1) is 12.9 Å². The van der Waals surface area contributed by atoms with E-state index in [2.05, 4.69) is 46.1 Å². The molecule has 170 valence electrons. The summed E-state index contributed by atoms with van der Waals surface area (Å²) in [6, 6.07) is 8.08. The minimum Gasteiger partial charge on any atom is -0.493 e. The SMILES string of the molecule is CN=C(NCCCNC(=O)c1occc1C)NCc1ccc(C)cc1OCC1CC1.I. The third-order valence-electron chi connectivity index (χ3n) is 5.06. The van der Waals surface area contributed by atoms with E-state index >= 15 is 0 Å². The van der Waals surface area contributed by atoms with Crippen molar-refractivity contribution in [3.05, 3.63) is 53.0 Å². The van der Waals surface area contributed by atoms with Crippen LogP contribution in [0.5, 0.6) is 5.75 Å². The topological polar surface area (TPSA) is 87.9 Å². The zero-order valence-corrected chi connectivity index (χ0v) is 20.8. The van der Waals surface area contributed by atoms with E-state index in [9.17, 15) is 4.79 Å². The van der Waals surface area contributed by atoms with Crippen LogP contribution in [0.15, 0.2) is 39.9 Å². The van der Waals surface area contributed by atoms with Crippen molar-refractivity contribution < 1.29 is 13.9 Å². The monoisotopic (exact) mass is 540 g/mol. The molecular weight excluding hydrogens is 507 g/mol. The lowest BCUT2D eigenvalue weighted by molar-refractivity contribution is 0.0925. The third kappa shape index (κ3) is 8.08. The number of amides is 1. The first-order chi connectivity index (χ1) is 14.6. The van der Waals surface area contributed by atoms with Gasteiger partial charge in [0.25, 0.3) is 5.91 Å². The molecule has 1 aromatic carbocycles. The Balaban J connectivity index is 0.00000341. The molecule has 8 heteroatoms. The third-order valence-corrected chi connectivity index (χ3v) is 5.06. The molecule has 1 aliphatic rings. The number of aliphatic imine (C=N–C) groups is 1. The molecule has 31 heavy (non-hydrogen) atoms. The fourth-order valence-electron chi connectivity index (χ4n) is 3.02. The van der Waals surface area contributed by atoms with Gasteiger partial charge in [0, 0.05) is 37.8 Å². The van der Waals surface area contributed by atoms with Gasteiger partial charge in [-0.2, -0.15) is 0 Å². The highest BCUT2D eigenvalue weighted by atomic mass is 127. The van der Waals surface area contributed by atoms with Gasteiger partial charge in [0.15, 0.2) is 11.7 Å². The van der Waals surface area contributed by atoms with E-state index in [4.69, 9.17) is 9.15 Å².